The van der Waals surface area contributed by atoms with Crippen molar-refractivity contribution < 1.29 is 19.4 Å². The molecule has 3 aromatic rings. The summed E-state index contributed by atoms with van der Waals surface area (Å²) < 4.78 is 5.40. The fourth-order valence-corrected chi connectivity index (χ4v) is 5.32. The fraction of sp³-hybridized carbons (Fsp3) is 0.400. The Morgan fingerprint density at radius 2 is 2.00 bits per heavy atom. The Hall–Kier alpha value is -3.59. The number of carbonyl (C=O) groups is 2. The number of pyridine rings is 1. The van der Waals surface area contributed by atoms with Crippen molar-refractivity contribution in [1.82, 2.24) is 25.1 Å². The van der Waals surface area contributed by atoms with Gasteiger partial charge < -0.3 is 29.9 Å². The van der Waals surface area contributed by atoms with Gasteiger partial charge in [0.2, 0.25) is 0 Å². The van der Waals surface area contributed by atoms with Crippen LogP contribution >= 0.6 is 0 Å². The molecule has 2 aliphatic rings. The molecule has 9 nitrogen and oxygen atoms in total. The van der Waals surface area contributed by atoms with Crippen molar-refractivity contribution in [3.63, 3.8) is 0 Å². The number of hydrogen-bond donors (Lipinski definition) is 3. The lowest BCUT2D eigenvalue weighted by atomic mass is 9.68. The van der Waals surface area contributed by atoms with E-state index in [1.165, 1.54) is 0 Å². The monoisotopic (exact) mass is 463 g/mol. The number of aromatic amines is 1. The quantitative estimate of drug-likeness (QED) is 0.538. The van der Waals surface area contributed by atoms with E-state index in [4.69, 9.17) is 4.74 Å². The van der Waals surface area contributed by atoms with Crippen LogP contribution in [0.3, 0.4) is 0 Å². The minimum absolute atomic E-state index is 0.0534. The molecule has 3 amide bonds. The van der Waals surface area contributed by atoms with Crippen molar-refractivity contribution in [2.24, 2.45) is 0 Å². The summed E-state index contributed by atoms with van der Waals surface area (Å²) in [4.78, 5) is 37.1. The Morgan fingerprint density at radius 1 is 1.24 bits per heavy atom. The Kier molecular flexibility index (Phi) is 5.65. The van der Waals surface area contributed by atoms with E-state index >= 15 is 0 Å². The fourth-order valence-electron chi connectivity index (χ4n) is 5.32. The Labute approximate surface area is 197 Å². The van der Waals surface area contributed by atoms with Crippen molar-refractivity contribution in [2.75, 3.05) is 39.9 Å². The molecule has 3 N–H and O–H groups in total. The van der Waals surface area contributed by atoms with Crippen molar-refractivity contribution in [3.8, 4) is 5.75 Å². The molecule has 178 valence electrons. The molecule has 9 heteroatoms. The van der Waals surface area contributed by atoms with Gasteiger partial charge in [0.1, 0.15) is 5.75 Å². The highest BCUT2D eigenvalue weighted by molar-refractivity contribution is 5.96. The van der Waals surface area contributed by atoms with Gasteiger partial charge in [0.25, 0.3) is 5.91 Å². The first kappa shape index (κ1) is 22.2. The summed E-state index contributed by atoms with van der Waals surface area (Å²) in [6.45, 7) is 3.74. The zero-order valence-corrected chi connectivity index (χ0v) is 19.4. The van der Waals surface area contributed by atoms with Gasteiger partial charge in [0.15, 0.2) is 0 Å². The highest BCUT2D eigenvalue weighted by Crippen LogP contribution is 2.48. The van der Waals surface area contributed by atoms with E-state index in [1.807, 2.05) is 30.0 Å². The molecule has 1 spiro atoms. The number of aromatic nitrogens is 2. The number of nitrogens with zero attached hydrogens (tertiary/aromatic N) is 3. The second-order valence-electron chi connectivity index (χ2n) is 9.06. The molecule has 4 heterocycles. The van der Waals surface area contributed by atoms with Crippen LogP contribution < -0.4 is 10.1 Å². The van der Waals surface area contributed by atoms with Gasteiger partial charge in [-0.15, -0.1) is 0 Å². The smallest absolute Gasteiger partial charge is 0.318 e. The van der Waals surface area contributed by atoms with Crippen molar-refractivity contribution >= 4 is 22.8 Å². The highest BCUT2D eigenvalue weighted by atomic mass is 16.5. The third-order valence-corrected chi connectivity index (χ3v) is 6.91. The lowest BCUT2D eigenvalue weighted by Crippen LogP contribution is -2.68. The maximum atomic E-state index is 13.1. The molecule has 2 aromatic heterocycles. The van der Waals surface area contributed by atoms with Crippen LogP contribution in [0.2, 0.25) is 0 Å². The van der Waals surface area contributed by atoms with Crippen LogP contribution in [0.4, 0.5) is 4.79 Å². The van der Waals surface area contributed by atoms with Gasteiger partial charge in [-0.2, -0.15) is 0 Å². The SMILES string of the molecule is CCCNC(=O)N1CC2(CN(C(=O)c3ccncc3)C2)c2c([nH]c3cc(OC)ccc23)[C@@H]1CO. The lowest BCUT2D eigenvalue weighted by Gasteiger charge is -2.56. The molecule has 5 rings (SSSR count). The largest absolute Gasteiger partial charge is 0.497 e. The molecule has 1 aromatic carbocycles. The van der Waals surface area contributed by atoms with Gasteiger partial charge in [-0.25, -0.2) is 4.79 Å². The average molecular weight is 464 g/mol. The summed E-state index contributed by atoms with van der Waals surface area (Å²) in [6, 6.07) is 8.57. The number of aliphatic hydroxyl groups is 1. The third-order valence-electron chi connectivity index (χ3n) is 6.91. The number of benzene rings is 1. The van der Waals surface area contributed by atoms with Crippen LogP contribution in [0.1, 0.15) is 41.0 Å². The van der Waals surface area contributed by atoms with E-state index in [0.717, 1.165) is 34.3 Å². The molecular formula is C25H29N5O4. The second kappa shape index (κ2) is 8.64. The van der Waals surface area contributed by atoms with Crippen LogP contribution in [0.25, 0.3) is 10.9 Å². The van der Waals surface area contributed by atoms with Gasteiger partial charge >= 0.3 is 6.03 Å². The summed E-state index contributed by atoms with van der Waals surface area (Å²) in [6.07, 6.45) is 4.04. The van der Waals surface area contributed by atoms with E-state index < -0.39 is 11.5 Å². The number of rotatable bonds is 5. The molecule has 1 atom stereocenters. The summed E-state index contributed by atoms with van der Waals surface area (Å²) in [7, 11) is 1.62. The number of likely N-dealkylation sites (tertiary alicyclic amines) is 1. The van der Waals surface area contributed by atoms with Crippen LogP contribution in [-0.2, 0) is 5.41 Å². The van der Waals surface area contributed by atoms with E-state index in [9.17, 15) is 14.7 Å². The number of ether oxygens (including phenoxy) is 1. The molecule has 1 saturated heterocycles. The minimum atomic E-state index is -0.499. The number of amides is 3. The second-order valence-corrected chi connectivity index (χ2v) is 9.06. The number of carbonyl (C=O) groups excluding carboxylic acids is 2. The molecular weight excluding hydrogens is 434 g/mol. The molecule has 1 fully saturated rings. The van der Waals surface area contributed by atoms with Crippen molar-refractivity contribution in [3.05, 3.63) is 59.5 Å². The van der Waals surface area contributed by atoms with Crippen LogP contribution in [0.5, 0.6) is 5.75 Å². The first-order chi connectivity index (χ1) is 16.5. The maximum Gasteiger partial charge on any atom is 0.318 e. The van der Waals surface area contributed by atoms with E-state index in [2.05, 4.69) is 15.3 Å². The van der Waals surface area contributed by atoms with Crippen molar-refractivity contribution in [2.45, 2.75) is 24.8 Å². The predicted octanol–water partition coefficient (Wildman–Crippen LogP) is 2.43. The minimum Gasteiger partial charge on any atom is -0.497 e. The molecule has 0 unspecified atom stereocenters. The molecule has 34 heavy (non-hydrogen) atoms. The number of fused-ring (bicyclic) bond motifs is 4. The van der Waals surface area contributed by atoms with Gasteiger partial charge in [-0.3, -0.25) is 9.78 Å². The van der Waals surface area contributed by atoms with E-state index in [0.29, 0.717) is 31.7 Å². The zero-order chi connectivity index (χ0) is 23.9. The van der Waals surface area contributed by atoms with E-state index in [-0.39, 0.29) is 18.5 Å². The Bertz CT molecular complexity index is 1220. The number of H-pyrrole nitrogens is 1. The van der Waals surface area contributed by atoms with Gasteiger partial charge in [-0.1, -0.05) is 6.92 Å². The molecule has 0 aliphatic carbocycles. The lowest BCUT2D eigenvalue weighted by molar-refractivity contribution is 0.0121. The summed E-state index contributed by atoms with van der Waals surface area (Å²) in [5.41, 5.74) is 2.94. The highest BCUT2D eigenvalue weighted by Gasteiger charge is 2.55. The van der Waals surface area contributed by atoms with Crippen LogP contribution in [0, 0.1) is 0 Å². The standard InChI is InChI=1S/C25H29N5O4/c1-3-8-27-24(33)30-15-25(13-29(14-25)23(32)16-6-9-26-10-7-16)21-18-5-4-17(34-2)11-19(18)28-22(21)20(30)12-31/h4-7,9-11,20,28,31H,3,8,12-15H2,1-2H3,(H,27,33)/t20-/m0/s1. The van der Waals surface area contributed by atoms with Gasteiger partial charge in [-0.05, 0) is 36.2 Å². The maximum absolute atomic E-state index is 13.1. The number of methoxy groups -OCH3 is 1. The summed E-state index contributed by atoms with van der Waals surface area (Å²) in [5.74, 6) is 0.670. The summed E-state index contributed by atoms with van der Waals surface area (Å²) in [5, 5.41) is 14.3. The summed E-state index contributed by atoms with van der Waals surface area (Å²) >= 11 is 0. The van der Waals surface area contributed by atoms with Gasteiger partial charge in [0, 0.05) is 66.8 Å². The Morgan fingerprint density at radius 3 is 2.68 bits per heavy atom. The normalized spacial score (nSPS) is 18.5. The van der Waals surface area contributed by atoms with Crippen LogP contribution in [-0.4, -0.2) is 76.7 Å². The first-order valence-electron chi connectivity index (χ1n) is 11.6. The zero-order valence-electron chi connectivity index (χ0n) is 19.4. The molecule has 2 aliphatic heterocycles. The number of nitrogens with one attached hydrogen (secondary N) is 2. The average Bonchev–Trinajstić information content (AvgIpc) is 3.24. The molecule has 0 bridgehead atoms. The number of aliphatic hydroxyl groups excluding tert-OH is 1. The topological polar surface area (TPSA) is 111 Å². The first-order valence-corrected chi connectivity index (χ1v) is 11.6. The predicted molar refractivity (Wildman–Crippen MR) is 127 cm³/mol. The van der Waals surface area contributed by atoms with Crippen molar-refractivity contribution in [1.29, 1.82) is 0 Å². The molecule has 0 saturated carbocycles. The number of urea groups is 1. The third kappa shape index (κ3) is 3.47. The number of hydrogen-bond acceptors (Lipinski definition) is 5. The van der Waals surface area contributed by atoms with Gasteiger partial charge in [0.05, 0.1) is 25.2 Å². The van der Waals surface area contributed by atoms with E-state index in [1.54, 1.807) is 36.5 Å². The molecule has 0 radical (unpaired) electrons. The van der Waals surface area contributed by atoms with Crippen LogP contribution in [0.15, 0.2) is 42.7 Å². The Balaban J connectivity index is 1.56.